The predicted molar refractivity (Wildman–Crippen MR) is 107 cm³/mol. The Labute approximate surface area is 167 Å². The summed E-state index contributed by atoms with van der Waals surface area (Å²) in [5, 5.41) is 9.65. The van der Waals surface area contributed by atoms with Gasteiger partial charge in [0.1, 0.15) is 12.4 Å². The lowest BCUT2D eigenvalue weighted by Gasteiger charge is -2.35. The molecule has 7 heteroatoms. The van der Waals surface area contributed by atoms with Crippen LogP contribution in [0, 0.1) is 17.2 Å². The minimum absolute atomic E-state index is 0.110. The van der Waals surface area contributed by atoms with Crippen LogP contribution >= 0.6 is 11.6 Å². The highest BCUT2D eigenvalue weighted by Gasteiger charge is 2.22. The summed E-state index contributed by atoms with van der Waals surface area (Å²) < 4.78 is 5.75. The molecule has 0 bridgehead atoms. The first-order valence-electron chi connectivity index (χ1n) is 9.52. The van der Waals surface area contributed by atoms with E-state index < -0.39 is 0 Å². The molecule has 0 radical (unpaired) electrons. The highest BCUT2D eigenvalue weighted by molar-refractivity contribution is 6.30. The Hall–Kier alpha value is -1.81. The van der Waals surface area contributed by atoms with Crippen molar-refractivity contribution in [2.24, 2.45) is 5.92 Å². The largest absolute Gasteiger partial charge is 0.492 e. The van der Waals surface area contributed by atoms with Gasteiger partial charge in [0, 0.05) is 50.8 Å². The summed E-state index contributed by atoms with van der Waals surface area (Å²) in [7, 11) is 0. The molecular formula is C20H29ClN4O2. The summed E-state index contributed by atoms with van der Waals surface area (Å²) in [6, 6.07) is 9.59. The monoisotopic (exact) mass is 392 g/mol. The van der Waals surface area contributed by atoms with Crippen LogP contribution in [0.5, 0.6) is 5.75 Å². The molecule has 1 fully saturated rings. The van der Waals surface area contributed by atoms with Crippen LogP contribution in [0.4, 0.5) is 0 Å². The molecule has 0 aromatic heterocycles. The second-order valence-electron chi connectivity index (χ2n) is 6.88. The topological polar surface area (TPSA) is 59.8 Å². The van der Waals surface area contributed by atoms with Crippen LogP contribution < -0.4 is 4.74 Å². The average molecular weight is 393 g/mol. The third-order valence-corrected chi connectivity index (χ3v) is 5.01. The maximum atomic E-state index is 12.5. The van der Waals surface area contributed by atoms with Crippen LogP contribution in [0.25, 0.3) is 0 Å². The number of ether oxygens (including phenoxy) is 1. The number of carbonyl (C=O) groups is 1. The van der Waals surface area contributed by atoms with Gasteiger partial charge in [0.2, 0.25) is 5.91 Å². The Kier molecular flexibility index (Phi) is 8.86. The van der Waals surface area contributed by atoms with Gasteiger partial charge in [0.25, 0.3) is 0 Å². The summed E-state index contributed by atoms with van der Waals surface area (Å²) in [4.78, 5) is 18.8. The van der Waals surface area contributed by atoms with Gasteiger partial charge in [0.05, 0.1) is 18.5 Å². The number of piperazine rings is 1. The van der Waals surface area contributed by atoms with Crippen molar-refractivity contribution in [2.45, 2.75) is 13.8 Å². The van der Waals surface area contributed by atoms with E-state index in [1.165, 1.54) is 0 Å². The van der Waals surface area contributed by atoms with Crippen LogP contribution in [-0.4, -0.2) is 79.6 Å². The van der Waals surface area contributed by atoms with E-state index in [1.807, 2.05) is 38.1 Å². The van der Waals surface area contributed by atoms with E-state index in [-0.39, 0.29) is 11.8 Å². The van der Waals surface area contributed by atoms with E-state index in [9.17, 15) is 4.79 Å². The van der Waals surface area contributed by atoms with Crippen molar-refractivity contribution >= 4 is 17.5 Å². The van der Waals surface area contributed by atoms with Gasteiger partial charge < -0.3 is 9.64 Å². The summed E-state index contributed by atoms with van der Waals surface area (Å²) in [5.74, 6) is 0.806. The molecule has 1 aliphatic rings. The molecule has 1 unspecified atom stereocenters. The van der Waals surface area contributed by atoms with Crippen LogP contribution in [0.2, 0.25) is 5.02 Å². The van der Waals surface area contributed by atoms with Gasteiger partial charge in [-0.25, -0.2) is 0 Å². The molecule has 27 heavy (non-hydrogen) atoms. The molecular weight excluding hydrogens is 364 g/mol. The van der Waals surface area contributed by atoms with E-state index in [4.69, 9.17) is 21.6 Å². The standard InChI is InChI=1S/C20H29ClN4O2/c1-3-25(15-17(2)14-22)20(26)16-24-10-8-23(9-11-24)12-13-27-19-6-4-18(21)5-7-19/h4-7,17H,3,8-13,15-16H2,1-2H3. The number of halogens is 1. The zero-order chi connectivity index (χ0) is 19.6. The number of amides is 1. The van der Waals surface area contributed by atoms with Crippen LogP contribution in [0.1, 0.15) is 13.8 Å². The van der Waals surface area contributed by atoms with Gasteiger partial charge in [-0.1, -0.05) is 11.6 Å². The summed E-state index contributed by atoms with van der Waals surface area (Å²) >= 11 is 5.87. The fraction of sp³-hybridized carbons (Fsp3) is 0.600. The second kappa shape index (κ2) is 11.1. The first-order valence-corrected chi connectivity index (χ1v) is 9.90. The molecule has 1 saturated heterocycles. The zero-order valence-electron chi connectivity index (χ0n) is 16.2. The Balaban J connectivity index is 1.66. The Bertz CT molecular complexity index is 624. The van der Waals surface area contributed by atoms with Crippen LogP contribution in [0.15, 0.2) is 24.3 Å². The lowest BCUT2D eigenvalue weighted by atomic mass is 10.2. The molecule has 2 rings (SSSR count). The maximum Gasteiger partial charge on any atom is 0.236 e. The summed E-state index contributed by atoms with van der Waals surface area (Å²) in [6.07, 6.45) is 0. The molecule has 1 atom stereocenters. The minimum atomic E-state index is -0.133. The molecule has 1 aliphatic heterocycles. The lowest BCUT2D eigenvalue weighted by molar-refractivity contribution is -0.133. The minimum Gasteiger partial charge on any atom is -0.492 e. The van der Waals surface area contributed by atoms with E-state index in [0.717, 1.165) is 38.5 Å². The van der Waals surface area contributed by atoms with Gasteiger partial charge in [-0.15, -0.1) is 0 Å². The molecule has 0 N–H and O–H groups in total. The summed E-state index contributed by atoms with van der Waals surface area (Å²) in [5.41, 5.74) is 0. The quantitative estimate of drug-likeness (QED) is 0.645. The molecule has 6 nitrogen and oxygen atoms in total. The molecule has 1 aromatic rings. The number of rotatable bonds is 9. The number of benzene rings is 1. The average Bonchev–Trinajstić information content (AvgIpc) is 2.68. The van der Waals surface area contributed by atoms with Gasteiger partial charge in [-0.2, -0.15) is 5.26 Å². The van der Waals surface area contributed by atoms with Crippen molar-refractivity contribution < 1.29 is 9.53 Å². The highest BCUT2D eigenvalue weighted by atomic mass is 35.5. The molecule has 1 heterocycles. The van der Waals surface area contributed by atoms with Gasteiger partial charge in [-0.05, 0) is 38.1 Å². The van der Waals surface area contributed by atoms with Crippen molar-refractivity contribution in [1.82, 2.24) is 14.7 Å². The Morgan fingerprint density at radius 2 is 1.89 bits per heavy atom. The summed E-state index contributed by atoms with van der Waals surface area (Å²) in [6.45, 7) is 10.5. The van der Waals surface area contributed by atoms with Gasteiger partial charge in [0.15, 0.2) is 0 Å². The first-order chi connectivity index (χ1) is 13.0. The van der Waals surface area contributed by atoms with E-state index in [2.05, 4.69) is 15.9 Å². The van der Waals surface area contributed by atoms with Gasteiger partial charge in [-0.3, -0.25) is 14.6 Å². The van der Waals surface area contributed by atoms with Crippen molar-refractivity contribution in [3.05, 3.63) is 29.3 Å². The van der Waals surface area contributed by atoms with Crippen molar-refractivity contribution in [2.75, 3.05) is 59.0 Å². The molecule has 0 spiro atoms. The number of hydrogen-bond donors (Lipinski definition) is 0. The molecule has 0 saturated carbocycles. The molecule has 1 amide bonds. The zero-order valence-corrected chi connectivity index (χ0v) is 17.0. The normalized spacial score (nSPS) is 16.5. The number of nitrogens with zero attached hydrogens (tertiary/aromatic N) is 4. The van der Waals surface area contributed by atoms with E-state index in [0.29, 0.717) is 31.3 Å². The maximum absolute atomic E-state index is 12.5. The van der Waals surface area contributed by atoms with E-state index in [1.54, 1.807) is 4.90 Å². The number of nitriles is 1. The first kappa shape index (κ1) is 21.5. The number of carbonyl (C=O) groups excluding carboxylic acids is 1. The number of likely N-dealkylation sites (N-methyl/N-ethyl adjacent to an activating group) is 1. The van der Waals surface area contributed by atoms with Crippen molar-refractivity contribution in [1.29, 1.82) is 5.26 Å². The van der Waals surface area contributed by atoms with Gasteiger partial charge >= 0.3 is 0 Å². The van der Waals surface area contributed by atoms with Crippen molar-refractivity contribution in [3.8, 4) is 11.8 Å². The molecule has 148 valence electrons. The van der Waals surface area contributed by atoms with Crippen molar-refractivity contribution in [3.63, 3.8) is 0 Å². The predicted octanol–water partition coefficient (Wildman–Crippen LogP) is 2.34. The SMILES string of the molecule is CCN(CC(C)C#N)C(=O)CN1CCN(CCOc2ccc(Cl)cc2)CC1. The Morgan fingerprint density at radius 3 is 2.48 bits per heavy atom. The third-order valence-electron chi connectivity index (χ3n) is 4.76. The Morgan fingerprint density at radius 1 is 1.26 bits per heavy atom. The smallest absolute Gasteiger partial charge is 0.236 e. The number of hydrogen-bond acceptors (Lipinski definition) is 5. The molecule has 0 aliphatic carbocycles. The fourth-order valence-corrected chi connectivity index (χ4v) is 3.19. The van der Waals surface area contributed by atoms with Crippen LogP contribution in [-0.2, 0) is 4.79 Å². The van der Waals surface area contributed by atoms with Crippen LogP contribution in [0.3, 0.4) is 0 Å². The van der Waals surface area contributed by atoms with E-state index >= 15 is 0 Å². The third kappa shape index (κ3) is 7.37. The second-order valence-corrected chi connectivity index (χ2v) is 7.32. The highest BCUT2D eigenvalue weighted by Crippen LogP contribution is 2.15. The molecule has 1 aromatic carbocycles. The fourth-order valence-electron chi connectivity index (χ4n) is 3.06. The lowest BCUT2D eigenvalue weighted by Crippen LogP contribution is -2.51.